The van der Waals surface area contributed by atoms with Crippen molar-refractivity contribution in [2.24, 2.45) is 5.73 Å². The van der Waals surface area contributed by atoms with Crippen LogP contribution >= 0.6 is 0 Å². The third-order valence-corrected chi connectivity index (χ3v) is 3.85. The van der Waals surface area contributed by atoms with Crippen LogP contribution in [0.15, 0.2) is 67.0 Å². The number of rotatable bonds is 5. The molecule has 2 aromatic carbocycles. The molecular formula is C19H21N3. The van der Waals surface area contributed by atoms with Gasteiger partial charge in [0.25, 0.3) is 0 Å². The van der Waals surface area contributed by atoms with Crippen molar-refractivity contribution in [2.45, 2.75) is 25.9 Å². The summed E-state index contributed by atoms with van der Waals surface area (Å²) in [7, 11) is 0. The lowest BCUT2D eigenvalue weighted by atomic mass is 10.0. The smallest absolute Gasteiger partial charge is 0.0568 e. The Kier molecular flexibility index (Phi) is 4.35. The van der Waals surface area contributed by atoms with Gasteiger partial charge in [-0.2, -0.15) is 5.10 Å². The van der Waals surface area contributed by atoms with E-state index in [1.54, 1.807) is 0 Å². The Morgan fingerprint density at radius 1 is 1.05 bits per heavy atom. The third-order valence-electron chi connectivity index (χ3n) is 3.85. The molecule has 3 aromatic rings. The van der Waals surface area contributed by atoms with Gasteiger partial charge in [-0.25, -0.2) is 0 Å². The highest BCUT2D eigenvalue weighted by molar-refractivity contribution is 5.62. The fraction of sp³-hybridized carbons (Fsp3) is 0.211. The lowest BCUT2D eigenvalue weighted by molar-refractivity contribution is 0.615. The van der Waals surface area contributed by atoms with Gasteiger partial charge in [-0.05, 0) is 36.1 Å². The topological polar surface area (TPSA) is 43.8 Å². The zero-order valence-corrected chi connectivity index (χ0v) is 12.8. The SMILES string of the molecule is CC(N)c1cccc(-c2cnn(CCc3ccccc3)c2)c1. The summed E-state index contributed by atoms with van der Waals surface area (Å²) in [6, 6.07) is 18.9. The molecule has 0 spiro atoms. The number of nitrogens with two attached hydrogens (primary N) is 1. The van der Waals surface area contributed by atoms with Gasteiger partial charge in [0.05, 0.1) is 6.20 Å². The van der Waals surface area contributed by atoms with Gasteiger partial charge in [0.15, 0.2) is 0 Å². The molecule has 1 atom stereocenters. The molecule has 0 aliphatic carbocycles. The van der Waals surface area contributed by atoms with Crippen LogP contribution in [0.5, 0.6) is 0 Å². The Bertz CT molecular complexity index is 729. The molecule has 0 bridgehead atoms. The van der Waals surface area contributed by atoms with Gasteiger partial charge >= 0.3 is 0 Å². The van der Waals surface area contributed by atoms with E-state index in [0.29, 0.717) is 0 Å². The molecule has 0 aliphatic heterocycles. The molecule has 22 heavy (non-hydrogen) atoms. The molecule has 0 saturated heterocycles. The van der Waals surface area contributed by atoms with Crippen molar-refractivity contribution in [3.05, 3.63) is 78.1 Å². The van der Waals surface area contributed by atoms with Crippen LogP contribution in [0, 0.1) is 0 Å². The van der Waals surface area contributed by atoms with Crippen molar-refractivity contribution in [1.82, 2.24) is 9.78 Å². The van der Waals surface area contributed by atoms with Crippen molar-refractivity contribution in [3.8, 4) is 11.1 Å². The first kappa shape index (κ1) is 14.5. The summed E-state index contributed by atoms with van der Waals surface area (Å²) in [6.45, 7) is 2.89. The van der Waals surface area contributed by atoms with Crippen molar-refractivity contribution in [3.63, 3.8) is 0 Å². The van der Waals surface area contributed by atoms with E-state index in [9.17, 15) is 0 Å². The van der Waals surface area contributed by atoms with Crippen LogP contribution in [-0.2, 0) is 13.0 Å². The number of aromatic nitrogens is 2. The van der Waals surface area contributed by atoms with Gasteiger partial charge in [0.2, 0.25) is 0 Å². The van der Waals surface area contributed by atoms with E-state index in [4.69, 9.17) is 5.73 Å². The minimum absolute atomic E-state index is 0.0491. The van der Waals surface area contributed by atoms with Crippen molar-refractivity contribution < 1.29 is 0 Å². The Labute approximate surface area is 131 Å². The van der Waals surface area contributed by atoms with Crippen LogP contribution < -0.4 is 5.73 Å². The molecular weight excluding hydrogens is 270 g/mol. The van der Waals surface area contributed by atoms with E-state index >= 15 is 0 Å². The first-order valence-corrected chi connectivity index (χ1v) is 7.64. The van der Waals surface area contributed by atoms with Gasteiger partial charge in [-0.1, -0.05) is 48.5 Å². The maximum absolute atomic E-state index is 5.96. The van der Waals surface area contributed by atoms with E-state index in [-0.39, 0.29) is 6.04 Å². The first-order chi connectivity index (χ1) is 10.7. The molecule has 3 heteroatoms. The van der Waals surface area contributed by atoms with E-state index in [0.717, 1.165) is 24.1 Å². The summed E-state index contributed by atoms with van der Waals surface area (Å²) in [4.78, 5) is 0. The lowest BCUT2D eigenvalue weighted by Crippen LogP contribution is -2.04. The van der Waals surface area contributed by atoms with E-state index in [2.05, 4.69) is 59.8 Å². The molecule has 0 radical (unpaired) electrons. The number of hydrogen-bond donors (Lipinski definition) is 1. The highest BCUT2D eigenvalue weighted by Crippen LogP contribution is 2.22. The normalized spacial score (nSPS) is 12.3. The number of nitrogens with zero attached hydrogens (tertiary/aromatic N) is 2. The number of benzene rings is 2. The second kappa shape index (κ2) is 6.58. The average molecular weight is 291 g/mol. The standard InChI is InChI=1S/C19H21N3/c1-15(20)17-8-5-9-18(12-17)19-13-21-22(14-19)11-10-16-6-3-2-4-7-16/h2-9,12-15H,10-11,20H2,1H3. The summed E-state index contributed by atoms with van der Waals surface area (Å²) in [6.07, 6.45) is 5.01. The zero-order chi connectivity index (χ0) is 15.4. The Balaban J connectivity index is 1.72. The van der Waals surface area contributed by atoms with Crippen LogP contribution in [-0.4, -0.2) is 9.78 Å². The molecule has 1 heterocycles. The summed E-state index contributed by atoms with van der Waals surface area (Å²) in [5.41, 5.74) is 10.7. The predicted octanol–water partition coefficient (Wildman–Crippen LogP) is 3.81. The summed E-state index contributed by atoms with van der Waals surface area (Å²) in [5, 5.41) is 4.47. The zero-order valence-electron chi connectivity index (χ0n) is 12.8. The molecule has 0 amide bonds. The molecule has 2 N–H and O–H groups in total. The minimum atomic E-state index is 0.0491. The van der Waals surface area contributed by atoms with Crippen LogP contribution in [0.4, 0.5) is 0 Å². The Hall–Kier alpha value is -2.39. The maximum atomic E-state index is 5.96. The van der Waals surface area contributed by atoms with Gasteiger partial charge in [-0.15, -0.1) is 0 Å². The largest absolute Gasteiger partial charge is 0.324 e. The van der Waals surface area contributed by atoms with Gasteiger partial charge in [0.1, 0.15) is 0 Å². The fourth-order valence-corrected chi connectivity index (χ4v) is 2.52. The third kappa shape index (κ3) is 3.43. The summed E-state index contributed by atoms with van der Waals surface area (Å²) in [5.74, 6) is 0. The van der Waals surface area contributed by atoms with Crippen LogP contribution in [0.3, 0.4) is 0 Å². The highest BCUT2D eigenvalue weighted by atomic mass is 15.3. The fourth-order valence-electron chi connectivity index (χ4n) is 2.52. The Morgan fingerprint density at radius 2 is 1.86 bits per heavy atom. The lowest BCUT2D eigenvalue weighted by Gasteiger charge is -2.07. The van der Waals surface area contributed by atoms with Gasteiger partial charge < -0.3 is 5.73 Å². The van der Waals surface area contributed by atoms with E-state index < -0.39 is 0 Å². The summed E-state index contributed by atoms with van der Waals surface area (Å²) < 4.78 is 2.00. The molecule has 0 fully saturated rings. The molecule has 3 rings (SSSR count). The highest BCUT2D eigenvalue weighted by Gasteiger charge is 2.05. The van der Waals surface area contributed by atoms with Crippen molar-refractivity contribution in [2.75, 3.05) is 0 Å². The molecule has 0 saturated carbocycles. The molecule has 1 unspecified atom stereocenters. The number of aryl methyl sites for hydroxylation is 2. The molecule has 1 aromatic heterocycles. The van der Waals surface area contributed by atoms with Crippen LogP contribution in [0.2, 0.25) is 0 Å². The number of hydrogen-bond acceptors (Lipinski definition) is 2. The summed E-state index contributed by atoms with van der Waals surface area (Å²) >= 11 is 0. The monoisotopic (exact) mass is 291 g/mol. The van der Waals surface area contributed by atoms with Gasteiger partial charge in [-0.3, -0.25) is 4.68 Å². The van der Waals surface area contributed by atoms with Crippen molar-refractivity contribution >= 4 is 0 Å². The first-order valence-electron chi connectivity index (χ1n) is 7.64. The average Bonchev–Trinajstić information content (AvgIpc) is 3.03. The second-order valence-electron chi connectivity index (χ2n) is 5.64. The van der Waals surface area contributed by atoms with Crippen molar-refractivity contribution in [1.29, 1.82) is 0 Å². The van der Waals surface area contributed by atoms with Gasteiger partial charge in [0, 0.05) is 24.3 Å². The Morgan fingerprint density at radius 3 is 2.64 bits per heavy atom. The second-order valence-corrected chi connectivity index (χ2v) is 5.64. The van der Waals surface area contributed by atoms with Crippen LogP contribution in [0.1, 0.15) is 24.1 Å². The molecule has 3 nitrogen and oxygen atoms in total. The molecule has 0 aliphatic rings. The minimum Gasteiger partial charge on any atom is -0.324 e. The quantitative estimate of drug-likeness (QED) is 0.776. The maximum Gasteiger partial charge on any atom is 0.0568 e. The van der Waals surface area contributed by atoms with E-state index in [1.807, 2.05) is 23.9 Å². The predicted molar refractivity (Wildman–Crippen MR) is 90.4 cm³/mol. The van der Waals surface area contributed by atoms with Crippen LogP contribution in [0.25, 0.3) is 11.1 Å². The molecule has 112 valence electrons. The van der Waals surface area contributed by atoms with E-state index in [1.165, 1.54) is 11.1 Å².